The average molecular weight is 352 g/mol. The summed E-state index contributed by atoms with van der Waals surface area (Å²) in [7, 11) is 0. The zero-order valence-electron chi connectivity index (χ0n) is 12.9. The van der Waals surface area contributed by atoms with Crippen LogP contribution in [0.5, 0.6) is 0 Å². The molecule has 0 radical (unpaired) electrons. The first-order chi connectivity index (χ1) is 10.3. The molecule has 3 fully saturated rings. The summed E-state index contributed by atoms with van der Waals surface area (Å²) in [6.45, 7) is 9.58. The van der Waals surface area contributed by atoms with Gasteiger partial charge in [0.2, 0.25) is 0 Å². The minimum atomic E-state index is 0.548. The van der Waals surface area contributed by atoms with Gasteiger partial charge in [0.15, 0.2) is 0 Å². The predicted octanol–water partition coefficient (Wildman–Crippen LogP) is 2.36. The first-order valence-electron chi connectivity index (χ1n) is 8.21. The number of rotatable bonds is 6. The molecule has 3 nitrogen and oxygen atoms in total. The van der Waals surface area contributed by atoms with Crippen LogP contribution in [0.25, 0.3) is 0 Å². The maximum Gasteiger partial charge on any atom is 0.0380 e. The molecule has 1 N–H and O–H groups in total. The second-order valence-corrected chi connectivity index (χ2v) is 7.11. The van der Waals surface area contributed by atoms with Crippen molar-refractivity contribution in [1.82, 2.24) is 15.1 Å². The lowest BCUT2D eigenvalue weighted by Gasteiger charge is -2.50. The molecule has 0 amide bonds. The molecule has 3 saturated heterocycles. The van der Waals surface area contributed by atoms with E-state index >= 15 is 0 Å². The van der Waals surface area contributed by atoms with Crippen molar-refractivity contribution >= 4 is 15.9 Å². The zero-order chi connectivity index (χ0) is 14.7. The number of hydrogen-bond donors (Lipinski definition) is 1. The van der Waals surface area contributed by atoms with Gasteiger partial charge in [-0.05, 0) is 31.0 Å². The van der Waals surface area contributed by atoms with E-state index in [0.29, 0.717) is 12.1 Å². The summed E-state index contributed by atoms with van der Waals surface area (Å²) in [6, 6.07) is 9.86. The van der Waals surface area contributed by atoms with Crippen molar-refractivity contribution in [3.8, 4) is 0 Å². The Morgan fingerprint density at radius 1 is 1.24 bits per heavy atom. The molecule has 0 saturated carbocycles. The lowest BCUT2D eigenvalue weighted by molar-refractivity contribution is -0.00311. The highest BCUT2D eigenvalue weighted by molar-refractivity contribution is 9.10. The van der Waals surface area contributed by atoms with E-state index in [1.165, 1.54) is 49.2 Å². The van der Waals surface area contributed by atoms with Crippen molar-refractivity contribution in [1.29, 1.82) is 0 Å². The Morgan fingerprint density at radius 3 is 2.62 bits per heavy atom. The molecule has 2 unspecified atom stereocenters. The van der Waals surface area contributed by atoms with E-state index in [1.54, 1.807) is 0 Å². The molecule has 0 aromatic heterocycles. The Bertz CT molecular complexity index is 457. The fourth-order valence-corrected chi connectivity index (χ4v) is 4.06. The molecule has 0 aliphatic carbocycles. The fraction of sp³-hybridized carbons (Fsp3) is 0.647. The van der Waals surface area contributed by atoms with E-state index in [-0.39, 0.29) is 0 Å². The van der Waals surface area contributed by atoms with Crippen molar-refractivity contribution < 1.29 is 0 Å². The van der Waals surface area contributed by atoms with Gasteiger partial charge in [-0.2, -0.15) is 0 Å². The van der Waals surface area contributed by atoms with Crippen LogP contribution >= 0.6 is 15.9 Å². The third kappa shape index (κ3) is 3.67. The van der Waals surface area contributed by atoms with Gasteiger partial charge in [0.25, 0.3) is 0 Å². The summed E-state index contributed by atoms with van der Waals surface area (Å²) < 4.78 is 1.24. The molecule has 21 heavy (non-hydrogen) atoms. The highest BCUT2D eigenvalue weighted by atomic mass is 79.9. The van der Waals surface area contributed by atoms with Crippen LogP contribution in [0.3, 0.4) is 0 Å². The number of benzene rings is 1. The van der Waals surface area contributed by atoms with Crippen LogP contribution in [0, 0.1) is 0 Å². The number of fused-ring (bicyclic) bond motifs is 3. The molecule has 3 aliphatic heterocycles. The summed E-state index contributed by atoms with van der Waals surface area (Å²) in [4.78, 5) is 5.33. The molecule has 3 heterocycles. The van der Waals surface area contributed by atoms with Gasteiger partial charge in [-0.3, -0.25) is 9.80 Å². The van der Waals surface area contributed by atoms with Gasteiger partial charge in [-0.1, -0.05) is 41.1 Å². The third-order valence-electron chi connectivity index (χ3n) is 4.84. The van der Waals surface area contributed by atoms with Crippen LogP contribution in [0.1, 0.15) is 18.9 Å². The quantitative estimate of drug-likeness (QED) is 0.848. The van der Waals surface area contributed by atoms with E-state index in [2.05, 4.69) is 62.2 Å². The Balaban J connectivity index is 1.73. The molecule has 0 spiro atoms. The highest BCUT2D eigenvalue weighted by Gasteiger charge is 2.36. The van der Waals surface area contributed by atoms with Crippen LogP contribution in [0.2, 0.25) is 0 Å². The van der Waals surface area contributed by atoms with Gasteiger partial charge >= 0.3 is 0 Å². The summed E-state index contributed by atoms with van der Waals surface area (Å²) in [5, 5.41) is 3.81. The molecule has 1 aromatic rings. The van der Waals surface area contributed by atoms with E-state index in [0.717, 1.165) is 13.0 Å². The number of nitrogens with zero attached hydrogens (tertiary/aromatic N) is 2. The zero-order valence-corrected chi connectivity index (χ0v) is 14.5. The Labute approximate surface area is 136 Å². The molecular formula is C17H26BrN3. The van der Waals surface area contributed by atoms with Gasteiger partial charge in [-0.25, -0.2) is 0 Å². The number of hydrogen-bond acceptors (Lipinski definition) is 3. The summed E-state index contributed by atoms with van der Waals surface area (Å²) >= 11 is 3.71. The lowest BCUT2D eigenvalue weighted by atomic mass is 9.94. The normalized spacial score (nSPS) is 29.5. The first kappa shape index (κ1) is 15.5. The smallest absolute Gasteiger partial charge is 0.0380 e. The minimum absolute atomic E-state index is 0.548. The summed E-state index contributed by atoms with van der Waals surface area (Å²) in [5.74, 6) is 0. The second-order valence-electron chi connectivity index (χ2n) is 6.26. The standard InChI is InChI=1S/C17H26BrN3/c1-2-7-19-16(12-14-5-3-4-6-15(14)18)17-13-20-8-10-21(17)11-9-20/h3-6,16-17,19H,2,7-13H2,1H3. The Kier molecular flexibility index (Phi) is 5.33. The van der Waals surface area contributed by atoms with Crippen molar-refractivity contribution in [3.63, 3.8) is 0 Å². The van der Waals surface area contributed by atoms with Crippen molar-refractivity contribution in [2.75, 3.05) is 39.3 Å². The van der Waals surface area contributed by atoms with Crippen LogP contribution in [-0.2, 0) is 6.42 Å². The van der Waals surface area contributed by atoms with Gasteiger partial charge in [0.05, 0.1) is 0 Å². The summed E-state index contributed by atoms with van der Waals surface area (Å²) in [6.07, 6.45) is 2.30. The number of piperazine rings is 3. The molecule has 116 valence electrons. The van der Waals surface area contributed by atoms with Crippen molar-refractivity contribution in [3.05, 3.63) is 34.3 Å². The Hall–Kier alpha value is -0.420. The maximum absolute atomic E-state index is 3.81. The van der Waals surface area contributed by atoms with Crippen LogP contribution < -0.4 is 5.32 Å². The SMILES string of the molecule is CCCNC(Cc1ccccc1Br)C1CN2CCN1CC2. The van der Waals surface area contributed by atoms with E-state index < -0.39 is 0 Å². The van der Waals surface area contributed by atoms with E-state index in [1.807, 2.05) is 0 Å². The average Bonchev–Trinajstić information content (AvgIpc) is 2.54. The van der Waals surface area contributed by atoms with Gasteiger partial charge in [0.1, 0.15) is 0 Å². The summed E-state index contributed by atoms with van der Waals surface area (Å²) in [5.41, 5.74) is 1.42. The van der Waals surface area contributed by atoms with Crippen LogP contribution in [0.4, 0.5) is 0 Å². The van der Waals surface area contributed by atoms with Crippen LogP contribution in [-0.4, -0.2) is 61.2 Å². The molecule has 3 aliphatic rings. The van der Waals surface area contributed by atoms with Crippen molar-refractivity contribution in [2.24, 2.45) is 0 Å². The Morgan fingerprint density at radius 2 is 2.00 bits per heavy atom. The van der Waals surface area contributed by atoms with Gasteiger partial charge in [0, 0.05) is 49.3 Å². The molecule has 2 bridgehead atoms. The van der Waals surface area contributed by atoms with E-state index in [9.17, 15) is 0 Å². The predicted molar refractivity (Wildman–Crippen MR) is 91.7 cm³/mol. The lowest BCUT2D eigenvalue weighted by Crippen LogP contribution is -2.66. The van der Waals surface area contributed by atoms with Crippen LogP contribution in [0.15, 0.2) is 28.7 Å². The molecule has 4 heteroatoms. The first-order valence-corrected chi connectivity index (χ1v) is 9.00. The fourth-order valence-electron chi connectivity index (χ4n) is 3.61. The minimum Gasteiger partial charge on any atom is -0.312 e. The molecule has 4 rings (SSSR count). The molecular weight excluding hydrogens is 326 g/mol. The third-order valence-corrected chi connectivity index (χ3v) is 5.61. The highest BCUT2D eigenvalue weighted by Crippen LogP contribution is 2.23. The van der Waals surface area contributed by atoms with Gasteiger partial charge < -0.3 is 5.32 Å². The molecule has 2 atom stereocenters. The number of nitrogens with one attached hydrogen (secondary N) is 1. The van der Waals surface area contributed by atoms with E-state index in [4.69, 9.17) is 0 Å². The molecule has 1 aromatic carbocycles. The largest absolute Gasteiger partial charge is 0.312 e. The maximum atomic E-state index is 3.81. The van der Waals surface area contributed by atoms with Gasteiger partial charge in [-0.15, -0.1) is 0 Å². The monoisotopic (exact) mass is 351 g/mol. The second kappa shape index (κ2) is 7.23. The topological polar surface area (TPSA) is 18.5 Å². The van der Waals surface area contributed by atoms with Crippen molar-refractivity contribution in [2.45, 2.75) is 31.8 Å². The number of halogens is 1.